The third-order valence-electron chi connectivity index (χ3n) is 1.92. The number of fused-ring (bicyclic) bond motifs is 1. The summed E-state index contributed by atoms with van der Waals surface area (Å²) in [6.45, 7) is 2.04. The molecule has 1 heteroatoms. The first-order chi connectivity index (χ1) is 5.79. The summed E-state index contributed by atoms with van der Waals surface area (Å²) in [5.74, 6) is 2.61. The Morgan fingerprint density at radius 3 is 3.00 bits per heavy atom. The minimum absolute atomic E-state index is 0. The summed E-state index contributed by atoms with van der Waals surface area (Å²) in [6, 6.07) is 8.06. The van der Waals surface area contributed by atoms with E-state index in [-0.39, 0.29) is 1.43 Å². The molecule has 1 nitrogen and oxygen atoms in total. The van der Waals surface area contributed by atoms with Crippen molar-refractivity contribution in [2.75, 3.05) is 0 Å². The minimum Gasteiger partial charge on any atom is -0.359 e. The Hall–Kier alpha value is -1.68. The normalized spacial score (nSPS) is 10.0. The summed E-state index contributed by atoms with van der Waals surface area (Å²) in [7, 11) is 0. The number of hydrogen-bond acceptors (Lipinski definition) is 0. The van der Waals surface area contributed by atoms with E-state index in [1.165, 1.54) is 11.1 Å². The van der Waals surface area contributed by atoms with Gasteiger partial charge in [-0.25, -0.2) is 0 Å². The van der Waals surface area contributed by atoms with E-state index in [2.05, 4.69) is 17.0 Å². The van der Waals surface area contributed by atoms with E-state index in [1.807, 2.05) is 25.1 Å². The molecule has 60 valence electrons. The van der Waals surface area contributed by atoms with E-state index in [9.17, 15) is 0 Å². The van der Waals surface area contributed by atoms with E-state index >= 15 is 0 Å². The molecule has 12 heavy (non-hydrogen) atoms. The van der Waals surface area contributed by atoms with Crippen LogP contribution in [0.15, 0.2) is 24.3 Å². The van der Waals surface area contributed by atoms with Crippen molar-refractivity contribution in [1.82, 2.24) is 4.98 Å². The van der Waals surface area contributed by atoms with Crippen molar-refractivity contribution < 1.29 is 1.43 Å². The second kappa shape index (κ2) is 2.42. The Morgan fingerprint density at radius 2 is 2.25 bits per heavy atom. The molecule has 1 N–H and O–H groups in total. The van der Waals surface area contributed by atoms with Crippen LogP contribution in [0.1, 0.15) is 12.7 Å². The number of aromatic amines is 1. The largest absolute Gasteiger partial charge is 0.359 e. The number of H-pyrrole nitrogens is 1. The maximum absolute atomic E-state index is 5.29. The molecule has 0 fully saturated rings. The van der Waals surface area contributed by atoms with Crippen molar-refractivity contribution >= 4 is 10.9 Å². The van der Waals surface area contributed by atoms with E-state index in [0.29, 0.717) is 0 Å². The molecule has 0 bridgehead atoms. The minimum atomic E-state index is 0. The van der Waals surface area contributed by atoms with Crippen LogP contribution in [0.25, 0.3) is 10.9 Å². The molecule has 0 saturated heterocycles. The first-order valence-electron chi connectivity index (χ1n) is 3.85. The Bertz CT molecular complexity index is 462. The highest BCUT2D eigenvalue weighted by molar-refractivity contribution is 5.81. The first kappa shape index (κ1) is 7.00. The lowest BCUT2D eigenvalue weighted by molar-refractivity contribution is 1.30. The molecule has 0 aliphatic rings. The average Bonchev–Trinajstić information content (AvgIpc) is 2.43. The zero-order chi connectivity index (χ0) is 8.55. The van der Waals surface area contributed by atoms with Crippen LogP contribution < -0.4 is 0 Å². The van der Waals surface area contributed by atoms with Gasteiger partial charge >= 0.3 is 0 Å². The number of nitrogens with one attached hydrogen (secondary N) is 1. The number of rotatable bonds is 0. The molecule has 2 rings (SSSR count). The van der Waals surface area contributed by atoms with E-state index < -0.39 is 0 Å². The Balaban J connectivity index is 0.000000845. The third kappa shape index (κ3) is 0.981. The van der Waals surface area contributed by atoms with Crippen LogP contribution in [0.5, 0.6) is 0 Å². The van der Waals surface area contributed by atoms with Gasteiger partial charge in [0.2, 0.25) is 0 Å². The summed E-state index contributed by atoms with van der Waals surface area (Å²) >= 11 is 0. The number of benzene rings is 1. The summed E-state index contributed by atoms with van der Waals surface area (Å²) in [5, 5.41) is 1.18. The summed E-state index contributed by atoms with van der Waals surface area (Å²) in [6.07, 6.45) is 5.29. The lowest BCUT2D eigenvalue weighted by Gasteiger charge is -1.90. The van der Waals surface area contributed by atoms with Gasteiger partial charge in [0.25, 0.3) is 0 Å². The number of terminal acetylenes is 1. The third-order valence-corrected chi connectivity index (χ3v) is 1.92. The van der Waals surface area contributed by atoms with E-state index in [0.717, 1.165) is 11.1 Å². The maximum Gasteiger partial charge on any atom is 0.0456 e. The van der Waals surface area contributed by atoms with Gasteiger partial charge in [-0.2, -0.15) is 0 Å². The second-order valence-electron chi connectivity index (χ2n) is 2.90. The smallest absolute Gasteiger partial charge is 0.0456 e. The molecular weight excluding hydrogens is 146 g/mol. The van der Waals surface area contributed by atoms with Gasteiger partial charge in [0.15, 0.2) is 0 Å². The number of hydrogen-bond donors (Lipinski definition) is 1. The SMILES string of the molecule is C#Cc1ccc2[nH]c(C)cc2c1.[HH]. The topological polar surface area (TPSA) is 15.8 Å². The van der Waals surface area contributed by atoms with Crippen molar-refractivity contribution in [3.63, 3.8) is 0 Å². The Kier molecular flexibility index (Phi) is 1.41. The number of aromatic nitrogens is 1. The highest BCUT2D eigenvalue weighted by Gasteiger charge is 1.96. The van der Waals surface area contributed by atoms with Gasteiger partial charge in [0, 0.05) is 23.6 Å². The molecule has 0 radical (unpaired) electrons. The predicted molar refractivity (Wildman–Crippen MR) is 53.1 cm³/mol. The fourth-order valence-electron chi connectivity index (χ4n) is 1.37. The zero-order valence-electron chi connectivity index (χ0n) is 6.89. The second-order valence-corrected chi connectivity index (χ2v) is 2.90. The van der Waals surface area contributed by atoms with Gasteiger partial charge in [0.05, 0.1) is 0 Å². The molecule has 0 unspecified atom stereocenters. The van der Waals surface area contributed by atoms with Gasteiger partial charge in [-0.15, -0.1) is 6.42 Å². The molecule has 1 aromatic carbocycles. The van der Waals surface area contributed by atoms with E-state index in [1.54, 1.807) is 0 Å². The zero-order valence-corrected chi connectivity index (χ0v) is 6.89. The highest BCUT2D eigenvalue weighted by atomic mass is 14.7. The molecule has 2 aromatic rings. The monoisotopic (exact) mass is 157 g/mol. The molecule has 0 aliphatic carbocycles. The summed E-state index contributed by atoms with van der Waals surface area (Å²) < 4.78 is 0. The Labute approximate surface area is 72.9 Å². The molecule has 1 heterocycles. The highest BCUT2D eigenvalue weighted by Crippen LogP contribution is 2.15. The van der Waals surface area contributed by atoms with Crippen LogP contribution in [-0.4, -0.2) is 4.98 Å². The first-order valence-corrected chi connectivity index (χ1v) is 3.85. The molecule has 0 atom stereocenters. The average molecular weight is 157 g/mol. The molecular formula is C11H11N. The van der Waals surface area contributed by atoms with Gasteiger partial charge in [-0.3, -0.25) is 0 Å². The number of aryl methyl sites for hydroxylation is 1. The van der Waals surface area contributed by atoms with Crippen molar-refractivity contribution in [3.05, 3.63) is 35.5 Å². The van der Waals surface area contributed by atoms with Crippen LogP contribution in [0.2, 0.25) is 0 Å². The van der Waals surface area contributed by atoms with Gasteiger partial charge in [0.1, 0.15) is 0 Å². The quantitative estimate of drug-likeness (QED) is 0.566. The molecule has 0 aliphatic heterocycles. The van der Waals surface area contributed by atoms with Crippen molar-refractivity contribution in [1.29, 1.82) is 0 Å². The molecule has 1 aromatic heterocycles. The van der Waals surface area contributed by atoms with Crippen LogP contribution in [0, 0.1) is 19.3 Å². The molecule has 0 spiro atoms. The van der Waals surface area contributed by atoms with Crippen LogP contribution in [0.4, 0.5) is 0 Å². The molecule has 0 saturated carbocycles. The maximum atomic E-state index is 5.29. The van der Waals surface area contributed by atoms with Crippen LogP contribution >= 0.6 is 0 Å². The fourth-order valence-corrected chi connectivity index (χ4v) is 1.37. The van der Waals surface area contributed by atoms with Crippen LogP contribution in [-0.2, 0) is 0 Å². The van der Waals surface area contributed by atoms with Gasteiger partial charge in [-0.1, -0.05) is 5.92 Å². The van der Waals surface area contributed by atoms with Crippen molar-refractivity contribution in [2.45, 2.75) is 6.92 Å². The Morgan fingerprint density at radius 1 is 1.42 bits per heavy atom. The van der Waals surface area contributed by atoms with Crippen molar-refractivity contribution in [3.8, 4) is 12.3 Å². The lowest BCUT2D eigenvalue weighted by atomic mass is 10.2. The van der Waals surface area contributed by atoms with Crippen molar-refractivity contribution in [2.24, 2.45) is 0 Å². The standard InChI is InChI=1S/C11H9N.H2/c1-3-9-4-5-11-10(7-9)6-8(2)12-11;/h1,4-7,12H,2H3;1H. The van der Waals surface area contributed by atoms with Gasteiger partial charge < -0.3 is 4.98 Å². The summed E-state index contributed by atoms with van der Waals surface area (Å²) in [4.78, 5) is 3.24. The predicted octanol–water partition coefficient (Wildman–Crippen LogP) is 2.70. The molecule has 0 amide bonds. The fraction of sp³-hybridized carbons (Fsp3) is 0.0909. The summed E-state index contributed by atoms with van der Waals surface area (Å²) in [5.41, 5.74) is 3.24. The van der Waals surface area contributed by atoms with E-state index in [4.69, 9.17) is 6.42 Å². The van der Waals surface area contributed by atoms with Crippen LogP contribution in [0.3, 0.4) is 0 Å². The van der Waals surface area contributed by atoms with Gasteiger partial charge in [-0.05, 0) is 31.2 Å². The lowest BCUT2D eigenvalue weighted by Crippen LogP contribution is -1.72.